The largest absolute Gasteiger partial charge is 0.326 e. The van der Waals surface area contributed by atoms with Crippen LogP contribution in [0.1, 0.15) is 37.5 Å². The first-order valence-electron chi connectivity index (χ1n) is 10.7. The van der Waals surface area contributed by atoms with E-state index in [0.29, 0.717) is 11.4 Å². The van der Waals surface area contributed by atoms with E-state index >= 15 is 0 Å². The Morgan fingerprint density at radius 3 is 2.28 bits per heavy atom. The summed E-state index contributed by atoms with van der Waals surface area (Å²) < 4.78 is 1.16. The highest BCUT2D eigenvalue weighted by Gasteiger charge is 2.13. The molecule has 2 amide bonds. The average Bonchev–Trinajstić information content (AvgIpc) is 2.76. The monoisotopic (exact) mass is 432 g/mol. The summed E-state index contributed by atoms with van der Waals surface area (Å²) in [6.07, 6.45) is 1.59. The second-order valence-corrected chi connectivity index (χ2v) is 7.63. The zero-order chi connectivity index (χ0) is 23.3. The molecule has 0 atom stereocenters. The zero-order valence-electron chi connectivity index (χ0n) is 18.9. The molecule has 2 aromatic carbocycles. The number of nitrogens with one attached hydrogen (secondary N) is 2. The predicted molar refractivity (Wildman–Crippen MR) is 127 cm³/mol. The SMILES string of the molecule is CCc1cccc(CC)c1NC(=O)Cn1nc(-c2ccc(C)c(NC(C)=O)c2)ccc1=O. The minimum absolute atomic E-state index is 0.168. The highest BCUT2D eigenvalue weighted by atomic mass is 16.2. The highest BCUT2D eigenvalue weighted by Crippen LogP contribution is 2.24. The molecule has 7 heteroatoms. The van der Waals surface area contributed by atoms with E-state index in [2.05, 4.69) is 15.7 Å². The van der Waals surface area contributed by atoms with Gasteiger partial charge in [-0.15, -0.1) is 0 Å². The van der Waals surface area contributed by atoms with Gasteiger partial charge in [0.15, 0.2) is 0 Å². The van der Waals surface area contributed by atoms with Crippen molar-refractivity contribution in [3.05, 3.63) is 75.6 Å². The molecule has 3 rings (SSSR count). The van der Waals surface area contributed by atoms with E-state index in [1.165, 1.54) is 13.0 Å². The maximum absolute atomic E-state index is 12.8. The molecule has 0 saturated heterocycles. The molecular weight excluding hydrogens is 404 g/mol. The van der Waals surface area contributed by atoms with E-state index in [4.69, 9.17) is 0 Å². The molecule has 7 nitrogen and oxygen atoms in total. The van der Waals surface area contributed by atoms with E-state index in [1.807, 2.05) is 51.1 Å². The number of carbonyl (C=O) groups is 2. The smallest absolute Gasteiger partial charge is 0.267 e. The second kappa shape index (κ2) is 10.0. The number of aryl methyl sites for hydroxylation is 3. The van der Waals surface area contributed by atoms with Crippen LogP contribution in [0.25, 0.3) is 11.3 Å². The van der Waals surface area contributed by atoms with Gasteiger partial charge in [0.25, 0.3) is 5.56 Å². The molecule has 0 unspecified atom stereocenters. The van der Waals surface area contributed by atoms with E-state index in [-0.39, 0.29) is 23.9 Å². The number of amides is 2. The van der Waals surface area contributed by atoms with Crippen molar-refractivity contribution in [1.29, 1.82) is 0 Å². The van der Waals surface area contributed by atoms with Crippen LogP contribution >= 0.6 is 0 Å². The van der Waals surface area contributed by atoms with Gasteiger partial charge in [0, 0.05) is 29.9 Å². The average molecular weight is 433 g/mol. The third-order valence-corrected chi connectivity index (χ3v) is 5.27. The molecule has 0 aliphatic rings. The van der Waals surface area contributed by atoms with Gasteiger partial charge < -0.3 is 10.6 Å². The molecule has 1 heterocycles. The van der Waals surface area contributed by atoms with Crippen molar-refractivity contribution in [3.8, 4) is 11.3 Å². The first-order valence-corrected chi connectivity index (χ1v) is 10.7. The van der Waals surface area contributed by atoms with Crippen LogP contribution in [0.5, 0.6) is 0 Å². The number of nitrogens with zero attached hydrogens (tertiary/aromatic N) is 2. The molecule has 166 valence electrons. The van der Waals surface area contributed by atoms with E-state index in [1.54, 1.807) is 12.1 Å². The fourth-order valence-corrected chi connectivity index (χ4v) is 3.54. The molecule has 1 aromatic heterocycles. The van der Waals surface area contributed by atoms with Gasteiger partial charge in [-0.25, -0.2) is 4.68 Å². The fourth-order valence-electron chi connectivity index (χ4n) is 3.54. The van der Waals surface area contributed by atoms with Crippen molar-refractivity contribution in [2.45, 2.75) is 47.1 Å². The van der Waals surface area contributed by atoms with E-state index < -0.39 is 0 Å². The predicted octanol–water partition coefficient (Wildman–Crippen LogP) is 3.94. The van der Waals surface area contributed by atoms with Crippen molar-refractivity contribution in [1.82, 2.24) is 9.78 Å². The van der Waals surface area contributed by atoms with Crippen molar-refractivity contribution >= 4 is 23.2 Å². The van der Waals surface area contributed by atoms with Gasteiger partial charge in [0.2, 0.25) is 11.8 Å². The van der Waals surface area contributed by atoms with Crippen molar-refractivity contribution in [2.24, 2.45) is 0 Å². The number of hydrogen-bond donors (Lipinski definition) is 2. The van der Waals surface area contributed by atoms with Crippen molar-refractivity contribution < 1.29 is 9.59 Å². The van der Waals surface area contributed by atoms with Crippen LogP contribution < -0.4 is 16.2 Å². The Kier molecular flexibility index (Phi) is 7.20. The number of rotatable bonds is 7. The number of para-hydroxylation sites is 1. The molecule has 0 aliphatic heterocycles. The lowest BCUT2D eigenvalue weighted by molar-refractivity contribution is -0.117. The lowest BCUT2D eigenvalue weighted by atomic mass is 10.0. The summed E-state index contributed by atoms with van der Waals surface area (Å²) >= 11 is 0. The van der Waals surface area contributed by atoms with Gasteiger partial charge in [-0.2, -0.15) is 5.10 Å². The summed E-state index contributed by atoms with van der Waals surface area (Å²) in [7, 11) is 0. The molecular formula is C25H28N4O3. The van der Waals surface area contributed by atoms with Gasteiger partial charge >= 0.3 is 0 Å². The lowest BCUT2D eigenvalue weighted by Crippen LogP contribution is -2.29. The van der Waals surface area contributed by atoms with Gasteiger partial charge in [-0.1, -0.05) is 44.2 Å². The molecule has 0 aliphatic carbocycles. The maximum atomic E-state index is 12.8. The summed E-state index contributed by atoms with van der Waals surface area (Å²) in [6.45, 7) is 7.22. The molecule has 0 saturated carbocycles. The minimum Gasteiger partial charge on any atom is -0.326 e. The van der Waals surface area contributed by atoms with Crippen LogP contribution in [-0.4, -0.2) is 21.6 Å². The third kappa shape index (κ3) is 5.29. The fraction of sp³-hybridized carbons (Fsp3) is 0.280. The Morgan fingerprint density at radius 1 is 0.969 bits per heavy atom. The Morgan fingerprint density at radius 2 is 1.66 bits per heavy atom. The van der Waals surface area contributed by atoms with Crippen LogP contribution in [0.3, 0.4) is 0 Å². The van der Waals surface area contributed by atoms with Crippen molar-refractivity contribution in [2.75, 3.05) is 10.6 Å². The van der Waals surface area contributed by atoms with Gasteiger partial charge in [0.1, 0.15) is 6.54 Å². The van der Waals surface area contributed by atoms with Crippen molar-refractivity contribution in [3.63, 3.8) is 0 Å². The third-order valence-electron chi connectivity index (χ3n) is 5.27. The zero-order valence-corrected chi connectivity index (χ0v) is 18.9. The van der Waals surface area contributed by atoms with Gasteiger partial charge in [0.05, 0.1) is 5.69 Å². The first kappa shape index (κ1) is 22.9. The molecule has 3 aromatic rings. The van der Waals surface area contributed by atoms with Crippen LogP contribution in [0.2, 0.25) is 0 Å². The lowest BCUT2D eigenvalue weighted by Gasteiger charge is -2.15. The standard InChI is InChI=1S/C25H28N4O3/c1-5-18-8-7-9-19(6-2)25(18)27-23(31)15-29-24(32)13-12-21(28-29)20-11-10-16(3)22(14-20)26-17(4)30/h7-14H,5-6,15H2,1-4H3,(H,26,30)(H,27,31). The summed E-state index contributed by atoms with van der Waals surface area (Å²) in [6, 6.07) is 14.5. The molecule has 32 heavy (non-hydrogen) atoms. The number of anilines is 2. The second-order valence-electron chi connectivity index (χ2n) is 7.63. The molecule has 2 N–H and O–H groups in total. The summed E-state index contributed by atoms with van der Waals surface area (Å²) in [5, 5.41) is 10.1. The Labute approximate surface area is 187 Å². The molecule has 0 bridgehead atoms. The normalized spacial score (nSPS) is 10.6. The number of benzene rings is 2. The summed E-state index contributed by atoms with van der Waals surface area (Å²) in [5.41, 5.74) is 5.41. The summed E-state index contributed by atoms with van der Waals surface area (Å²) in [4.78, 5) is 36.6. The molecule has 0 radical (unpaired) electrons. The number of carbonyl (C=O) groups excluding carboxylic acids is 2. The Hall–Kier alpha value is -3.74. The number of hydrogen-bond acceptors (Lipinski definition) is 4. The van der Waals surface area contributed by atoms with Crippen LogP contribution in [0.15, 0.2) is 53.3 Å². The molecule has 0 spiro atoms. The van der Waals surface area contributed by atoms with Crippen LogP contribution in [0.4, 0.5) is 11.4 Å². The van der Waals surface area contributed by atoms with Crippen LogP contribution in [-0.2, 0) is 29.0 Å². The summed E-state index contributed by atoms with van der Waals surface area (Å²) in [5.74, 6) is -0.478. The maximum Gasteiger partial charge on any atom is 0.267 e. The minimum atomic E-state index is -0.363. The Balaban J connectivity index is 1.87. The van der Waals surface area contributed by atoms with E-state index in [9.17, 15) is 14.4 Å². The first-order chi connectivity index (χ1) is 15.3. The Bertz CT molecular complexity index is 1190. The van der Waals surface area contributed by atoms with Crippen LogP contribution in [0, 0.1) is 6.92 Å². The number of aromatic nitrogens is 2. The quantitative estimate of drug-likeness (QED) is 0.591. The molecule has 0 fully saturated rings. The van der Waals surface area contributed by atoms with Gasteiger partial charge in [-0.05, 0) is 48.6 Å². The topological polar surface area (TPSA) is 93.1 Å². The highest BCUT2D eigenvalue weighted by molar-refractivity contribution is 5.92. The van der Waals surface area contributed by atoms with E-state index in [0.717, 1.165) is 45.5 Å². The van der Waals surface area contributed by atoms with Gasteiger partial charge in [-0.3, -0.25) is 14.4 Å².